The van der Waals surface area contributed by atoms with Gasteiger partial charge >= 0.3 is 0 Å². The van der Waals surface area contributed by atoms with Crippen molar-refractivity contribution >= 4 is 0 Å². The van der Waals surface area contributed by atoms with Crippen molar-refractivity contribution in [2.75, 3.05) is 0 Å². The van der Waals surface area contributed by atoms with Crippen molar-refractivity contribution in [1.82, 2.24) is 0 Å². The number of benzene rings is 1. The molecule has 0 saturated carbocycles. The summed E-state index contributed by atoms with van der Waals surface area (Å²) < 4.78 is 0. The molecule has 0 fully saturated rings. The van der Waals surface area contributed by atoms with E-state index in [0.717, 1.165) is 11.1 Å². The second kappa shape index (κ2) is 7.18. The maximum absolute atomic E-state index is 8.99. The Hall–Kier alpha value is -0.150. The molecular weight excluding hydrogens is 221 g/mol. The number of hydrogen-bond acceptors (Lipinski definition) is 2. The Morgan fingerprint density at radius 1 is 0.933 bits per heavy atom. The SMILES string of the molecule is CC(C)(C)O.Cc1cc(C)cc(O)c1.[Sc]. The van der Waals surface area contributed by atoms with E-state index in [2.05, 4.69) is 0 Å². The summed E-state index contributed by atoms with van der Waals surface area (Å²) in [5, 5.41) is 17.5. The predicted octanol–water partition coefficient (Wildman–Crippen LogP) is 2.78. The second-order valence-corrected chi connectivity index (χ2v) is 4.52. The van der Waals surface area contributed by atoms with Crippen LogP contribution < -0.4 is 0 Å². The van der Waals surface area contributed by atoms with Crippen molar-refractivity contribution in [3.05, 3.63) is 29.3 Å². The maximum Gasteiger partial charge on any atom is 0.116 e. The molecule has 0 saturated heterocycles. The maximum atomic E-state index is 8.99. The number of hydrogen-bond donors (Lipinski definition) is 2. The van der Waals surface area contributed by atoms with E-state index in [4.69, 9.17) is 10.2 Å². The Labute approximate surface area is 111 Å². The average molecular weight is 241 g/mol. The largest absolute Gasteiger partial charge is 0.508 e. The van der Waals surface area contributed by atoms with Gasteiger partial charge in [0.15, 0.2) is 0 Å². The van der Waals surface area contributed by atoms with Crippen LogP contribution in [-0.4, -0.2) is 15.8 Å². The fourth-order valence-corrected chi connectivity index (χ4v) is 0.951. The van der Waals surface area contributed by atoms with Gasteiger partial charge in [-0.15, -0.1) is 0 Å². The van der Waals surface area contributed by atoms with Gasteiger partial charge in [0.05, 0.1) is 5.60 Å². The summed E-state index contributed by atoms with van der Waals surface area (Å²) in [7, 11) is 0. The number of aryl methyl sites for hydroxylation is 2. The molecule has 1 radical (unpaired) electrons. The van der Waals surface area contributed by atoms with Crippen LogP contribution in [0.3, 0.4) is 0 Å². The molecular formula is C12H20O2Sc. The predicted molar refractivity (Wildman–Crippen MR) is 59.6 cm³/mol. The summed E-state index contributed by atoms with van der Waals surface area (Å²) in [6.45, 7) is 9.16. The van der Waals surface area contributed by atoms with Crippen LogP contribution >= 0.6 is 0 Å². The molecule has 0 aliphatic carbocycles. The molecule has 0 bridgehead atoms. The normalized spacial score (nSPS) is 9.73. The third-order valence-electron chi connectivity index (χ3n) is 1.21. The summed E-state index contributed by atoms with van der Waals surface area (Å²) in [6, 6.07) is 5.51. The number of aromatic hydroxyl groups is 1. The number of aliphatic hydroxyl groups is 1. The molecule has 0 aliphatic heterocycles. The molecule has 1 aromatic rings. The minimum absolute atomic E-state index is 0. The van der Waals surface area contributed by atoms with Crippen LogP contribution in [0.25, 0.3) is 0 Å². The van der Waals surface area contributed by atoms with Gasteiger partial charge in [0.1, 0.15) is 5.75 Å². The van der Waals surface area contributed by atoms with E-state index >= 15 is 0 Å². The molecule has 15 heavy (non-hydrogen) atoms. The van der Waals surface area contributed by atoms with Crippen LogP contribution in [0.5, 0.6) is 5.75 Å². The average Bonchev–Trinajstić information content (AvgIpc) is 1.77. The van der Waals surface area contributed by atoms with Crippen molar-refractivity contribution in [2.24, 2.45) is 0 Å². The Bertz CT molecular complexity index is 234. The van der Waals surface area contributed by atoms with E-state index in [1.807, 2.05) is 19.9 Å². The first-order valence-electron chi connectivity index (χ1n) is 4.68. The molecule has 0 spiro atoms. The summed E-state index contributed by atoms with van der Waals surface area (Å²) in [6.07, 6.45) is 0. The van der Waals surface area contributed by atoms with Crippen molar-refractivity contribution in [1.29, 1.82) is 0 Å². The quantitative estimate of drug-likeness (QED) is 0.733. The Morgan fingerprint density at radius 2 is 1.20 bits per heavy atom. The summed E-state index contributed by atoms with van der Waals surface area (Å²) in [5.74, 6) is 0.354. The van der Waals surface area contributed by atoms with E-state index in [1.54, 1.807) is 32.9 Å². The fourth-order valence-electron chi connectivity index (χ4n) is 0.951. The van der Waals surface area contributed by atoms with Gasteiger partial charge in [-0.05, 0) is 57.9 Å². The molecule has 3 heteroatoms. The van der Waals surface area contributed by atoms with Crippen molar-refractivity contribution < 1.29 is 36.1 Å². The molecule has 0 atom stereocenters. The minimum Gasteiger partial charge on any atom is -0.508 e. The molecule has 83 valence electrons. The third kappa shape index (κ3) is 13.9. The molecule has 0 aliphatic rings. The van der Waals surface area contributed by atoms with Crippen LogP contribution in [0.15, 0.2) is 18.2 Å². The Balaban J connectivity index is 0. The van der Waals surface area contributed by atoms with E-state index in [0.29, 0.717) is 5.75 Å². The number of phenolic OH excluding ortho intramolecular Hbond substituents is 1. The molecule has 2 N–H and O–H groups in total. The van der Waals surface area contributed by atoms with E-state index in [-0.39, 0.29) is 25.8 Å². The first kappa shape index (κ1) is 17.3. The zero-order chi connectivity index (χ0) is 11.4. The second-order valence-electron chi connectivity index (χ2n) is 4.52. The van der Waals surface area contributed by atoms with Crippen molar-refractivity contribution in [3.63, 3.8) is 0 Å². The summed E-state index contributed by atoms with van der Waals surface area (Å²) in [4.78, 5) is 0. The molecule has 0 amide bonds. The molecule has 0 heterocycles. The van der Waals surface area contributed by atoms with Gasteiger partial charge in [0, 0.05) is 25.8 Å². The Morgan fingerprint density at radius 3 is 1.40 bits per heavy atom. The van der Waals surface area contributed by atoms with Gasteiger partial charge in [-0.1, -0.05) is 6.07 Å². The van der Waals surface area contributed by atoms with Gasteiger partial charge < -0.3 is 10.2 Å². The van der Waals surface area contributed by atoms with Crippen molar-refractivity contribution in [3.8, 4) is 5.75 Å². The van der Waals surface area contributed by atoms with Gasteiger partial charge in [-0.25, -0.2) is 0 Å². The topological polar surface area (TPSA) is 40.5 Å². The molecule has 1 rings (SSSR count). The van der Waals surface area contributed by atoms with Crippen LogP contribution in [-0.2, 0) is 25.8 Å². The zero-order valence-corrected chi connectivity index (χ0v) is 12.0. The van der Waals surface area contributed by atoms with Gasteiger partial charge in [-0.2, -0.15) is 0 Å². The summed E-state index contributed by atoms with van der Waals surface area (Å²) in [5.41, 5.74) is 1.71. The van der Waals surface area contributed by atoms with Gasteiger partial charge in [-0.3, -0.25) is 0 Å². The van der Waals surface area contributed by atoms with E-state index in [1.165, 1.54) is 0 Å². The van der Waals surface area contributed by atoms with Crippen LogP contribution in [0.4, 0.5) is 0 Å². The van der Waals surface area contributed by atoms with Gasteiger partial charge in [0.25, 0.3) is 0 Å². The first-order chi connectivity index (χ1) is 6.18. The standard InChI is InChI=1S/C8H10O.C4H10O.Sc/c1-6-3-7(2)5-8(9)4-6;1-4(2,3)5;/h3-5,9H,1-2H3;5H,1-3H3;. The van der Waals surface area contributed by atoms with Crippen molar-refractivity contribution in [2.45, 2.75) is 40.2 Å². The molecule has 0 aromatic heterocycles. The fraction of sp³-hybridized carbons (Fsp3) is 0.500. The minimum atomic E-state index is -0.500. The number of phenols is 1. The van der Waals surface area contributed by atoms with Crippen LogP contribution in [0.1, 0.15) is 31.9 Å². The van der Waals surface area contributed by atoms with E-state index in [9.17, 15) is 0 Å². The molecule has 2 nitrogen and oxygen atoms in total. The first-order valence-corrected chi connectivity index (χ1v) is 4.68. The van der Waals surface area contributed by atoms with Crippen LogP contribution in [0.2, 0.25) is 0 Å². The van der Waals surface area contributed by atoms with Gasteiger partial charge in [0.2, 0.25) is 0 Å². The monoisotopic (exact) mass is 241 g/mol. The smallest absolute Gasteiger partial charge is 0.116 e. The molecule has 1 aromatic carbocycles. The van der Waals surface area contributed by atoms with E-state index < -0.39 is 5.60 Å². The third-order valence-corrected chi connectivity index (χ3v) is 1.21. The zero-order valence-electron chi connectivity index (χ0n) is 10.2. The number of rotatable bonds is 0. The molecule has 0 unspecified atom stereocenters. The Kier molecular flexibility index (Phi) is 8.26. The van der Waals surface area contributed by atoms with Crippen LogP contribution in [0, 0.1) is 13.8 Å². The summed E-state index contributed by atoms with van der Waals surface area (Å²) >= 11 is 0.